The van der Waals surface area contributed by atoms with Crippen molar-refractivity contribution in [3.63, 3.8) is 0 Å². The molecular weight excluding hydrogens is 449 g/mol. The minimum Gasteiger partial charge on any atom is -0.494 e. The summed E-state index contributed by atoms with van der Waals surface area (Å²) in [6.45, 7) is 5.46. The average Bonchev–Trinajstić information content (AvgIpc) is 3.10. The van der Waals surface area contributed by atoms with Gasteiger partial charge in [0.15, 0.2) is 0 Å². The lowest BCUT2D eigenvalue weighted by Crippen LogP contribution is -2.57. The van der Waals surface area contributed by atoms with Gasteiger partial charge in [0.05, 0.1) is 19.8 Å². The first kappa shape index (κ1) is 25.1. The molecule has 188 valence electrons. The SMILES string of the molecule is CCOc1ccccc1CN1CCC([C@@]2(Cc3ccc(F)cc3)NC(=O)N(CCOC)C2=O)CC1. The largest absolute Gasteiger partial charge is 0.494 e. The van der Waals surface area contributed by atoms with E-state index in [1.54, 1.807) is 19.2 Å². The molecule has 1 atom stereocenters. The number of benzene rings is 2. The number of piperidine rings is 1. The molecule has 0 unspecified atom stereocenters. The second-order valence-corrected chi connectivity index (χ2v) is 9.25. The molecule has 3 amide bonds. The number of methoxy groups -OCH3 is 1. The predicted octanol–water partition coefficient (Wildman–Crippen LogP) is 3.62. The van der Waals surface area contributed by atoms with E-state index in [9.17, 15) is 14.0 Å². The fraction of sp³-hybridized carbons (Fsp3) is 0.481. The molecule has 2 aliphatic rings. The lowest BCUT2D eigenvalue weighted by Gasteiger charge is -2.41. The van der Waals surface area contributed by atoms with Crippen molar-refractivity contribution in [3.8, 4) is 5.75 Å². The maximum absolute atomic E-state index is 13.7. The van der Waals surface area contributed by atoms with Gasteiger partial charge in [0.1, 0.15) is 17.1 Å². The van der Waals surface area contributed by atoms with Crippen molar-refractivity contribution >= 4 is 11.9 Å². The summed E-state index contributed by atoms with van der Waals surface area (Å²) in [7, 11) is 1.55. The number of nitrogens with zero attached hydrogens (tertiary/aromatic N) is 2. The molecule has 0 aromatic heterocycles. The number of halogens is 1. The Hall–Kier alpha value is -2.97. The molecule has 2 aliphatic heterocycles. The Balaban J connectivity index is 1.51. The van der Waals surface area contributed by atoms with Crippen LogP contribution in [0.3, 0.4) is 0 Å². The van der Waals surface area contributed by atoms with Crippen molar-refractivity contribution in [2.75, 3.05) is 40.0 Å². The number of carbonyl (C=O) groups is 2. The molecule has 0 bridgehead atoms. The molecule has 7 nitrogen and oxygen atoms in total. The lowest BCUT2D eigenvalue weighted by molar-refractivity contribution is -0.134. The third kappa shape index (κ3) is 5.49. The number of hydrogen-bond donors (Lipinski definition) is 1. The van der Waals surface area contributed by atoms with Crippen LogP contribution in [0, 0.1) is 11.7 Å². The van der Waals surface area contributed by atoms with E-state index in [0.717, 1.165) is 49.4 Å². The van der Waals surface area contributed by atoms with Gasteiger partial charge in [0, 0.05) is 25.6 Å². The minimum atomic E-state index is -1.04. The normalized spacial score (nSPS) is 21.4. The third-order valence-corrected chi connectivity index (χ3v) is 7.07. The van der Waals surface area contributed by atoms with Gasteiger partial charge in [-0.05, 0) is 62.5 Å². The molecule has 4 rings (SSSR count). The molecule has 0 aliphatic carbocycles. The van der Waals surface area contributed by atoms with Crippen LogP contribution in [-0.2, 0) is 22.5 Å². The fourth-order valence-corrected chi connectivity index (χ4v) is 5.25. The second kappa shape index (κ2) is 11.2. The van der Waals surface area contributed by atoms with Crippen molar-refractivity contribution in [1.29, 1.82) is 0 Å². The first-order valence-electron chi connectivity index (χ1n) is 12.3. The molecule has 2 aromatic carbocycles. The molecule has 1 N–H and O–H groups in total. The van der Waals surface area contributed by atoms with E-state index in [1.807, 2.05) is 25.1 Å². The number of likely N-dealkylation sites (tertiary alicyclic amines) is 1. The van der Waals surface area contributed by atoms with Crippen LogP contribution in [0.4, 0.5) is 9.18 Å². The topological polar surface area (TPSA) is 71.1 Å². The molecule has 2 aromatic rings. The number of nitrogens with one attached hydrogen (secondary N) is 1. The molecule has 35 heavy (non-hydrogen) atoms. The average molecular weight is 484 g/mol. The number of para-hydroxylation sites is 1. The first-order valence-corrected chi connectivity index (χ1v) is 12.3. The highest BCUT2D eigenvalue weighted by atomic mass is 19.1. The third-order valence-electron chi connectivity index (χ3n) is 7.07. The molecule has 0 radical (unpaired) electrons. The molecule has 2 heterocycles. The lowest BCUT2D eigenvalue weighted by atomic mass is 9.74. The Labute approximate surface area is 206 Å². The van der Waals surface area contributed by atoms with E-state index < -0.39 is 5.54 Å². The van der Waals surface area contributed by atoms with Crippen LogP contribution >= 0.6 is 0 Å². The van der Waals surface area contributed by atoms with Crippen LogP contribution in [0.15, 0.2) is 48.5 Å². The summed E-state index contributed by atoms with van der Waals surface area (Å²) in [5.41, 5.74) is 0.921. The fourth-order valence-electron chi connectivity index (χ4n) is 5.25. The summed E-state index contributed by atoms with van der Waals surface area (Å²) in [6.07, 6.45) is 1.86. The number of imide groups is 1. The number of ether oxygens (including phenoxy) is 2. The van der Waals surface area contributed by atoms with E-state index in [2.05, 4.69) is 16.3 Å². The van der Waals surface area contributed by atoms with Crippen molar-refractivity contribution in [2.45, 2.75) is 38.3 Å². The molecule has 0 saturated carbocycles. The number of urea groups is 1. The van der Waals surface area contributed by atoms with Gasteiger partial charge in [-0.2, -0.15) is 0 Å². The van der Waals surface area contributed by atoms with Gasteiger partial charge in [0.2, 0.25) is 0 Å². The predicted molar refractivity (Wildman–Crippen MR) is 131 cm³/mol. The van der Waals surface area contributed by atoms with E-state index in [-0.39, 0.29) is 36.8 Å². The monoisotopic (exact) mass is 483 g/mol. The van der Waals surface area contributed by atoms with Crippen molar-refractivity contribution in [1.82, 2.24) is 15.1 Å². The number of carbonyl (C=O) groups excluding carboxylic acids is 2. The number of hydrogen-bond acceptors (Lipinski definition) is 5. The quantitative estimate of drug-likeness (QED) is 0.523. The van der Waals surface area contributed by atoms with E-state index >= 15 is 0 Å². The van der Waals surface area contributed by atoms with Gasteiger partial charge in [-0.1, -0.05) is 30.3 Å². The highest BCUT2D eigenvalue weighted by Crippen LogP contribution is 2.37. The zero-order valence-electron chi connectivity index (χ0n) is 20.5. The summed E-state index contributed by atoms with van der Waals surface area (Å²) in [5.74, 6) is 0.322. The van der Waals surface area contributed by atoms with Crippen LogP contribution < -0.4 is 10.1 Å². The standard InChI is InChI=1S/C27H34FN3O4/c1-3-35-24-7-5-4-6-21(24)19-30-14-12-22(13-15-30)27(18-20-8-10-23(28)11-9-20)25(32)31(16-17-34-2)26(33)29-27/h4-11,22H,3,12-19H2,1-2H3,(H,29,33)/t27-/m1/s1. The Kier molecular flexibility index (Phi) is 8.03. The Bertz CT molecular complexity index is 1020. The highest BCUT2D eigenvalue weighted by Gasteiger charge is 2.55. The summed E-state index contributed by atoms with van der Waals surface area (Å²) in [4.78, 5) is 30.2. The van der Waals surface area contributed by atoms with Gasteiger partial charge >= 0.3 is 6.03 Å². The smallest absolute Gasteiger partial charge is 0.325 e. The van der Waals surface area contributed by atoms with Crippen molar-refractivity contribution < 1.29 is 23.5 Å². The Morgan fingerprint density at radius 3 is 2.49 bits per heavy atom. The van der Waals surface area contributed by atoms with E-state index in [4.69, 9.17) is 9.47 Å². The van der Waals surface area contributed by atoms with Gasteiger partial charge in [-0.3, -0.25) is 14.6 Å². The molecule has 0 spiro atoms. The Morgan fingerprint density at radius 2 is 1.80 bits per heavy atom. The number of amides is 3. The van der Waals surface area contributed by atoms with Gasteiger partial charge in [0.25, 0.3) is 5.91 Å². The molecule has 2 fully saturated rings. The van der Waals surface area contributed by atoms with Crippen LogP contribution in [-0.4, -0.2) is 67.2 Å². The number of rotatable bonds is 10. The van der Waals surface area contributed by atoms with Crippen LogP contribution in [0.5, 0.6) is 5.75 Å². The van der Waals surface area contributed by atoms with E-state index in [0.29, 0.717) is 13.0 Å². The summed E-state index contributed by atoms with van der Waals surface area (Å²) in [6, 6.07) is 13.8. The van der Waals surface area contributed by atoms with Crippen LogP contribution in [0.1, 0.15) is 30.9 Å². The zero-order valence-corrected chi connectivity index (χ0v) is 20.5. The molecule has 2 saturated heterocycles. The van der Waals surface area contributed by atoms with Crippen LogP contribution in [0.2, 0.25) is 0 Å². The summed E-state index contributed by atoms with van der Waals surface area (Å²) in [5, 5.41) is 3.05. The minimum absolute atomic E-state index is 0.0325. The van der Waals surface area contributed by atoms with Gasteiger partial charge in [-0.25, -0.2) is 9.18 Å². The summed E-state index contributed by atoms with van der Waals surface area (Å²) >= 11 is 0. The van der Waals surface area contributed by atoms with Crippen LogP contribution in [0.25, 0.3) is 0 Å². The van der Waals surface area contributed by atoms with Crippen molar-refractivity contribution in [2.24, 2.45) is 5.92 Å². The molecule has 8 heteroatoms. The van der Waals surface area contributed by atoms with Gasteiger partial charge in [-0.15, -0.1) is 0 Å². The molecular formula is C27H34FN3O4. The summed E-state index contributed by atoms with van der Waals surface area (Å²) < 4.78 is 24.4. The Morgan fingerprint density at radius 1 is 1.09 bits per heavy atom. The second-order valence-electron chi connectivity index (χ2n) is 9.25. The maximum Gasteiger partial charge on any atom is 0.325 e. The van der Waals surface area contributed by atoms with Gasteiger partial charge < -0.3 is 14.8 Å². The highest BCUT2D eigenvalue weighted by molar-refractivity contribution is 6.07. The van der Waals surface area contributed by atoms with E-state index in [1.165, 1.54) is 17.0 Å². The van der Waals surface area contributed by atoms with Crippen molar-refractivity contribution in [3.05, 3.63) is 65.5 Å². The zero-order chi connectivity index (χ0) is 24.8. The first-order chi connectivity index (χ1) is 17.0. The maximum atomic E-state index is 13.7.